The summed E-state index contributed by atoms with van der Waals surface area (Å²) in [6.45, 7) is 2.50. The number of nitrogens with one attached hydrogen (secondary N) is 1. The van der Waals surface area contributed by atoms with E-state index in [1.54, 1.807) is 12.1 Å². The van der Waals surface area contributed by atoms with Crippen LogP contribution in [0.2, 0.25) is 0 Å². The van der Waals surface area contributed by atoms with Gasteiger partial charge >= 0.3 is 0 Å². The fourth-order valence-electron chi connectivity index (χ4n) is 1.23. The van der Waals surface area contributed by atoms with E-state index in [2.05, 4.69) is 10.0 Å². The summed E-state index contributed by atoms with van der Waals surface area (Å²) in [7, 11) is -3.73. The van der Waals surface area contributed by atoms with E-state index in [-0.39, 0.29) is 31.3 Å². The summed E-state index contributed by atoms with van der Waals surface area (Å²) < 4.78 is 33.4. The molecule has 0 heterocycles. The molecule has 0 aromatic heterocycles. The summed E-state index contributed by atoms with van der Waals surface area (Å²) in [6, 6.07) is 6.41. The third kappa shape index (κ3) is 5.71. The lowest BCUT2D eigenvalue weighted by molar-refractivity contribution is 0.107. The molecule has 0 saturated heterocycles. The lowest BCUT2D eigenvalue weighted by Gasteiger charge is -2.05. The van der Waals surface area contributed by atoms with Gasteiger partial charge < -0.3 is 4.74 Å². The van der Waals surface area contributed by atoms with Crippen LogP contribution in [0.4, 0.5) is 0 Å². The van der Waals surface area contributed by atoms with Crippen molar-refractivity contribution in [2.75, 3.05) is 26.4 Å². The Morgan fingerprint density at radius 1 is 1.21 bits per heavy atom. The zero-order valence-electron chi connectivity index (χ0n) is 10.6. The average molecular weight is 286 g/mol. The predicted octanol–water partition coefficient (Wildman–Crippen LogP) is 1.27. The Balaban J connectivity index is 2.35. The largest absolute Gasteiger partial charge is 0.377 e. The molecule has 0 amide bonds. The van der Waals surface area contributed by atoms with E-state index in [0.717, 1.165) is 5.56 Å². The number of aryl methyl sites for hydroxylation is 1. The van der Waals surface area contributed by atoms with E-state index < -0.39 is 10.1 Å². The van der Waals surface area contributed by atoms with Gasteiger partial charge in [-0.2, -0.15) is 8.42 Å². The first-order chi connectivity index (χ1) is 9.06. The van der Waals surface area contributed by atoms with Crippen molar-refractivity contribution in [2.45, 2.75) is 11.8 Å². The van der Waals surface area contributed by atoms with Crippen molar-refractivity contribution >= 4 is 10.1 Å². The molecule has 1 N–H and O–H groups in total. The number of rotatable bonds is 8. The first kappa shape index (κ1) is 15.5. The van der Waals surface area contributed by atoms with Crippen LogP contribution in [-0.2, 0) is 19.0 Å². The van der Waals surface area contributed by atoms with Gasteiger partial charge in [0.25, 0.3) is 10.1 Å². The molecule has 1 aromatic carbocycles. The lowest BCUT2D eigenvalue weighted by Crippen LogP contribution is -2.12. The summed E-state index contributed by atoms with van der Waals surface area (Å²) >= 11 is 0. The van der Waals surface area contributed by atoms with Crippen molar-refractivity contribution in [1.29, 1.82) is 5.53 Å². The molecule has 0 bridgehead atoms. The van der Waals surface area contributed by atoms with E-state index in [4.69, 9.17) is 14.5 Å². The molecule has 8 heteroatoms. The normalized spacial score (nSPS) is 11.0. The Bertz CT molecular complexity index is 536. The molecule has 104 valence electrons. The summed E-state index contributed by atoms with van der Waals surface area (Å²) in [6.07, 6.45) is 0. The van der Waals surface area contributed by atoms with Crippen LogP contribution in [0.3, 0.4) is 0 Å². The van der Waals surface area contributed by atoms with Gasteiger partial charge in [-0.15, -0.1) is 0 Å². The molecule has 1 aromatic rings. The maximum absolute atomic E-state index is 11.7. The number of hydrogen-bond donors (Lipinski definition) is 1. The molecule has 0 aliphatic rings. The first-order valence-electron chi connectivity index (χ1n) is 5.63. The SMILES string of the molecule is Cc1ccc(S(=O)(=O)OCCOCCN=[N+]=N)cc1. The summed E-state index contributed by atoms with van der Waals surface area (Å²) in [4.78, 5) is 2.93. The minimum atomic E-state index is -3.73. The summed E-state index contributed by atoms with van der Waals surface area (Å²) in [5.74, 6) is 0. The van der Waals surface area contributed by atoms with Crippen LogP contribution in [0, 0.1) is 12.5 Å². The van der Waals surface area contributed by atoms with Crippen LogP contribution in [-0.4, -0.2) is 34.8 Å². The van der Waals surface area contributed by atoms with Crippen molar-refractivity contribution in [2.24, 2.45) is 5.11 Å². The second-order valence-corrected chi connectivity index (χ2v) is 5.28. The Kier molecular flexibility index (Phi) is 6.31. The standard InChI is InChI=1S/C11H16N3O4S/c1-10-2-4-11(5-3-10)19(15,16)18-9-8-17-7-6-13-14-12/h2-5,12H,6-9H2,1H3/q+1. The third-order valence-electron chi connectivity index (χ3n) is 2.18. The van der Waals surface area contributed by atoms with Gasteiger partial charge in [-0.05, 0) is 19.1 Å². The molecule has 0 radical (unpaired) electrons. The molecule has 7 nitrogen and oxygen atoms in total. The van der Waals surface area contributed by atoms with Gasteiger partial charge in [-0.1, -0.05) is 17.7 Å². The predicted molar refractivity (Wildman–Crippen MR) is 67.3 cm³/mol. The van der Waals surface area contributed by atoms with Crippen molar-refractivity contribution in [3.63, 3.8) is 0 Å². The third-order valence-corrected chi connectivity index (χ3v) is 3.51. The second-order valence-electron chi connectivity index (χ2n) is 3.67. The molecule has 0 spiro atoms. The van der Waals surface area contributed by atoms with E-state index >= 15 is 0 Å². The molecule has 0 atom stereocenters. The van der Waals surface area contributed by atoms with Gasteiger partial charge in [-0.3, -0.25) is 4.18 Å². The molecular formula is C11H16N3O4S+. The minimum absolute atomic E-state index is 0.0613. The zero-order valence-corrected chi connectivity index (χ0v) is 11.4. The smallest absolute Gasteiger partial charge is 0.297 e. The van der Waals surface area contributed by atoms with Crippen molar-refractivity contribution in [3.8, 4) is 0 Å². The second kappa shape index (κ2) is 7.75. The first-order valence-corrected chi connectivity index (χ1v) is 7.04. The summed E-state index contributed by atoms with van der Waals surface area (Å²) in [5.41, 5.74) is 7.39. The molecule has 0 fully saturated rings. The number of ether oxygens (including phenoxy) is 1. The molecule has 0 aliphatic carbocycles. The van der Waals surface area contributed by atoms with Crippen LogP contribution >= 0.6 is 0 Å². The van der Waals surface area contributed by atoms with Crippen LogP contribution in [0.5, 0.6) is 0 Å². The topological polar surface area (TPSA) is 103 Å². The van der Waals surface area contributed by atoms with Gasteiger partial charge in [0, 0.05) is 0 Å². The molecule has 0 aliphatic heterocycles. The summed E-state index contributed by atoms with van der Waals surface area (Å²) in [5, 5.41) is 3.38. The van der Waals surface area contributed by atoms with Gasteiger partial charge in [0.2, 0.25) is 4.91 Å². The molecule has 0 saturated carbocycles. The molecule has 0 unspecified atom stereocenters. The zero-order chi connectivity index (χ0) is 14.1. The average Bonchev–Trinajstić information content (AvgIpc) is 2.38. The highest BCUT2D eigenvalue weighted by molar-refractivity contribution is 7.86. The number of hydrogen-bond acceptors (Lipinski definition) is 6. The van der Waals surface area contributed by atoms with Gasteiger partial charge in [0.1, 0.15) is 17.2 Å². The number of benzene rings is 1. The Morgan fingerprint density at radius 2 is 1.89 bits per heavy atom. The van der Waals surface area contributed by atoms with E-state index in [1.807, 2.05) is 6.92 Å². The van der Waals surface area contributed by atoms with Crippen LogP contribution in [0.25, 0.3) is 0 Å². The van der Waals surface area contributed by atoms with Gasteiger partial charge in [-0.25, -0.2) is 0 Å². The van der Waals surface area contributed by atoms with Crippen molar-refractivity contribution < 1.29 is 17.3 Å². The molecule has 19 heavy (non-hydrogen) atoms. The fourth-order valence-corrected chi connectivity index (χ4v) is 2.13. The highest BCUT2D eigenvalue weighted by atomic mass is 32.2. The fraction of sp³-hybridized carbons (Fsp3) is 0.455. The Morgan fingerprint density at radius 3 is 2.53 bits per heavy atom. The van der Waals surface area contributed by atoms with Crippen molar-refractivity contribution in [1.82, 2.24) is 4.91 Å². The maximum atomic E-state index is 11.7. The Labute approximate surface area is 111 Å². The van der Waals surface area contributed by atoms with E-state index in [9.17, 15) is 8.42 Å². The highest BCUT2D eigenvalue weighted by Crippen LogP contribution is 2.12. The molecule has 1 rings (SSSR count). The minimum Gasteiger partial charge on any atom is -0.377 e. The quantitative estimate of drug-likeness (QED) is 0.336. The van der Waals surface area contributed by atoms with Crippen LogP contribution in [0.1, 0.15) is 5.56 Å². The van der Waals surface area contributed by atoms with Gasteiger partial charge in [0.05, 0.1) is 24.7 Å². The number of nitrogens with zero attached hydrogens (tertiary/aromatic N) is 2. The van der Waals surface area contributed by atoms with Crippen LogP contribution < -0.4 is 4.91 Å². The van der Waals surface area contributed by atoms with E-state index in [0.29, 0.717) is 0 Å². The lowest BCUT2D eigenvalue weighted by atomic mass is 10.2. The molecular weight excluding hydrogens is 270 g/mol. The maximum Gasteiger partial charge on any atom is 0.297 e. The highest BCUT2D eigenvalue weighted by Gasteiger charge is 2.14. The Hall–Kier alpha value is -1.60. The van der Waals surface area contributed by atoms with Crippen LogP contribution in [0.15, 0.2) is 34.3 Å². The van der Waals surface area contributed by atoms with Gasteiger partial charge in [0.15, 0.2) is 0 Å². The van der Waals surface area contributed by atoms with Crippen molar-refractivity contribution in [3.05, 3.63) is 29.8 Å². The van der Waals surface area contributed by atoms with E-state index in [1.165, 1.54) is 12.1 Å². The monoisotopic (exact) mass is 286 g/mol.